The van der Waals surface area contributed by atoms with Crippen molar-refractivity contribution in [3.8, 4) is 5.75 Å². The van der Waals surface area contributed by atoms with Crippen molar-refractivity contribution >= 4 is 5.84 Å². The van der Waals surface area contributed by atoms with E-state index < -0.39 is 0 Å². The molecular formula is C15H21N3O. The summed E-state index contributed by atoms with van der Waals surface area (Å²) in [5.74, 6) is 2.06. The van der Waals surface area contributed by atoms with E-state index in [0.29, 0.717) is 0 Å². The number of hydrogen-bond donors (Lipinski definition) is 1. The second-order valence-corrected chi connectivity index (χ2v) is 5.08. The Morgan fingerprint density at radius 1 is 1.26 bits per heavy atom. The number of likely N-dealkylation sites (tertiary alicyclic amines) is 1. The van der Waals surface area contributed by atoms with Gasteiger partial charge in [0.25, 0.3) is 0 Å². The molecule has 1 fully saturated rings. The molecule has 102 valence electrons. The van der Waals surface area contributed by atoms with Gasteiger partial charge in [0.05, 0.1) is 19.7 Å². The van der Waals surface area contributed by atoms with Crippen molar-refractivity contribution in [2.75, 3.05) is 33.3 Å². The van der Waals surface area contributed by atoms with Gasteiger partial charge in [0.15, 0.2) is 0 Å². The standard InChI is InChI=1S/C15H21N3O/c1-19-13-7-3-2-6-12(13)14(15-16-8-9-17-15)18-10-4-5-11-18/h2-3,6-7,14H,4-5,8-11H2,1H3,(H,16,17). The number of amidine groups is 1. The lowest BCUT2D eigenvalue weighted by molar-refractivity contribution is 0.292. The van der Waals surface area contributed by atoms with Crippen molar-refractivity contribution < 1.29 is 4.74 Å². The van der Waals surface area contributed by atoms with Gasteiger partial charge in [-0.25, -0.2) is 0 Å². The summed E-state index contributed by atoms with van der Waals surface area (Å²) in [5, 5.41) is 3.44. The number of hydrogen-bond acceptors (Lipinski definition) is 4. The molecule has 0 bridgehead atoms. The van der Waals surface area contributed by atoms with Gasteiger partial charge in [-0.15, -0.1) is 0 Å². The normalized spacial score (nSPS) is 21.0. The molecule has 1 N–H and O–H groups in total. The van der Waals surface area contributed by atoms with Crippen molar-refractivity contribution in [2.24, 2.45) is 4.99 Å². The van der Waals surface area contributed by atoms with Crippen molar-refractivity contribution in [1.82, 2.24) is 10.2 Å². The molecule has 2 heterocycles. The largest absolute Gasteiger partial charge is 0.496 e. The molecule has 1 unspecified atom stereocenters. The first-order valence-corrected chi connectivity index (χ1v) is 7.05. The van der Waals surface area contributed by atoms with Crippen LogP contribution in [-0.4, -0.2) is 44.0 Å². The minimum atomic E-state index is 0.223. The van der Waals surface area contributed by atoms with Gasteiger partial charge in [-0.2, -0.15) is 0 Å². The van der Waals surface area contributed by atoms with Crippen molar-refractivity contribution in [3.63, 3.8) is 0 Å². The molecule has 0 aromatic heterocycles. The highest BCUT2D eigenvalue weighted by molar-refractivity contribution is 5.90. The molecule has 4 nitrogen and oxygen atoms in total. The highest BCUT2D eigenvalue weighted by Gasteiger charge is 2.31. The maximum absolute atomic E-state index is 5.54. The Kier molecular flexibility index (Phi) is 3.69. The van der Waals surface area contributed by atoms with E-state index in [1.807, 2.05) is 12.1 Å². The maximum atomic E-state index is 5.54. The highest BCUT2D eigenvalue weighted by Crippen LogP contribution is 2.32. The minimum absolute atomic E-state index is 0.223. The third-order valence-electron chi connectivity index (χ3n) is 3.90. The van der Waals surface area contributed by atoms with E-state index in [-0.39, 0.29) is 6.04 Å². The Bertz CT molecular complexity index is 466. The van der Waals surface area contributed by atoms with E-state index >= 15 is 0 Å². The molecule has 19 heavy (non-hydrogen) atoms. The predicted octanol–water partition coefficient (Wildman–Crippen LogP) is 1.83. The Balaban J connectivity index is 1.97. The second-order valence-electron chi connectivity index (χ2n) is 5.08. The monoisotopic (exact) mass is 259 g/mol. The smallest absolute Gasteiger partial charge is 0.124 e. The second kappa shape index (κ2) is 5.61. The number of para-hydroxylation sites is 1. The zero-order valence-corrected chi connectivity index (χ0v) is 11.4. The summed E-state index contributed by atoms with van der Waals surface area (Å²) in [6.45, 7) is 4.12. The van der Waals surface area contributed by atoms with Crippen LogP contribution < -0.4 is 10.1 Å². The molecule has 0 aliphatic carbocycles. The van der Waals surface area contributed by atoms with Gasteiger partial charge in [0, 0.05) is 12.1 Å². The average molecular weight is 259 g/mol. The van der Waals surface area contributed by atoms with Crippen LogP contribution in [0.5, 0.6) is 5.75 Å². The third kappa shape index (κ3) is 2.45. The first kappa shape index (κ1) is 12.5. The van der Waals surface area contributed by atoms with Crippen LogP contribution in [0.15, 0.2) is 29.3 Å². The van der Waals surface area contributed by atoms with Crippen LogP contribution in [0, 0.1) is 0 Å². The summed E-state index contributed by atoms with van der Waals surface area (Å²) in [4.78, 5) is 7.15. The van der Waals surface area contributed by atoms with E-state index in [0.717, 1.165) is 37.8 Å². The number of rotatable bonds is 4. The zero-order valence-electron chi connectivity index (χ0n) is 11.4. The summed E-state index contributed by atoms with van der Waals surface area (Å²) >= 11 is 0. The van der Waals surface area contributed by atoms with Crippen LogP contribution in [0.25, 0.3) is 0 Å². The third-order valence-corrected chi connectivity index (χ3v) is 3.90. The molecule has 2 aliphatic heterocycles. The Morgan fingerprint density at radius 3 is 2.74 bits per heavy atom. The summed E-state index contributed by atoms with van der Waals surface area (Å²) in [6, 6.07) is 8.52. The van der Waals surface area contributed by atoms with Gasteiger partial charge >= 0.3 is 0 Å². The molecule has 1 saturated heterocycles. The molecule has 2 aliphatic rings. The average Bonchev–Trinajstić information content (AvgIpc) is 3.13. The van der Waals surface area contributed by atoms with Gasteiger partial charge in [-0.05, 0) is 32.0 Å². The van der Waals surface area contributed by atoms with Crippen LogP contribution in [0.4, 0.5) is 0 Å². The van der Waals surface area contributed by atoms with Crippen LogP contribution in [0.3, 0.4) is 0 Å². The molecular weight excluding hydrogens is 238 g/mol. The van der Waals surface area contributed by atoms with Crippen molar-refractivity contribution in [1.29, 1.82) is 0 Å². The number of nitrogens with one attached hydrogen (secondary N) is 1. The molecule has 3 rings (SSSR count). The van der Waals surface area contributed by atoms with Gasteiger partial charge in [-0.3, -0.25) is 9.89 Å². The summed E-state index contributed by atoms with van der Waals surface area (Å²) in [7, 11) is 1.74. The quantitative estimate of drug-likeness (QED) is 0.896. The van der Waals surface area contributed by atoms with Crippen LogP contribution in [0.1, 0.15) is 24.4 Å². The van der Waals surface area contributed by atoms with Gasteiger partial charge < -0.3 is 10.1 Å². The Labute approximate surface area is 114 Å². The van der Waals surface area contributed by atoms with Crippen LogP contribution in [0.2, 0.25) is 0 Å². The fourth-order valence-electron chi connectivity index (χ4n) is 3.01. The highest BCUT2D eigenvalue weighted by atomic mass is 16.5. The Hall–Kier alpha value is -1.55. The van der Waals surface area contributed by atoms with E-state index in [1.54, 1.807) is 7.11 Å². The van der Waals surface area contributed by atoms with Gasteiger partial charge in [-0.1, -0.05) is 18.2 Å². The first-order chi connectivity index (χ1) is 9.40. The molecule has 1 atom stereocenters. The molecule has 1 aromatic rings. The number of ether oxygens (including phenoxy) is 1. The van der Waals surface area contributed by atoms with E-state index in [2.05, 4.69) is 27.3 Å². The molecule has 0 amide bonds. The fraction of sp³-hybridized carbons (Fsp3) is 0.533. The van der Waals surface area contributed by atoms with Gasteiger partial charge in [0.1, 0.15) is 11.6 Å². The van der Waals surface area contributed by atoms with Crippen LogP contribution in [-0.2, 0) is 0 Å². The molecule has 0 saturated carbocycles. The molecule has 1 aromatic carbocycles. The minimum Gasteiger partial charge on any atom is -0.496 e. The maximum Gasteiger partial charge on any atom is 0.124 e. The number of nitrogens with zero attached hydrogens (tertiary/aromatic N) is 2. The molecule has 4 heteroatoms. The van der Waals surface area contributed by atoms with E-state index in [1.165, 1.54) is 18.4 Å². The van der Waals surface area contributed by atoms with Crippen LogP contribution >= 0.6 is 0 Å². The Morgan fingerprint density at radius 2 is 2.05 bits per heavy atom. The lowest BCUT2D eigenvalue weighted by atomic mass is 10.0. The lowest BCUT2D eigenvalue weighted by Gasteiger charge is -2.29. The van der Waals surface area contributed by atoms with Crippen molar-refractivity contribution in [3.05, 3.63) is 29.8 Å². The number of benzene rings is 1. The summed E-state index contributed by atoms with van der Waals surface area (Å²) in [5.41, 5.74) is 1.22. The zero-order chi connectivity index (χ0) is 13.1. The summed E-state index contributed by atoms with van der Waals surface area (Å²) < 4.78 is 5.54. The SMILES string of the molecule is COc1ccccc1C(C1=NCCN1)N1CCCC1. The first-order valence-electron chi connectivity index (χ1n) is 7.05. The summed E-state index contributed by atoms with van der Waals surface area (Å²) in [6.07, 6.45) is 2.55. The molecule has 0 radical (unpaired) electrons. The number of methoxy groups -OCH3 is 1. The van der Waals surface area contributed by atoms with Crippen molar-refractivity contribution in [2.45, 2.75) is 18.9 Å². The molecule has 0 spiro atoms. The fourth-order valence-corrected chi connectivity index (χ4v) is 3.01. The number of aliphatic imine (C=N–C) groups is 1. The van der Waals surface area contributed by atoms with E-state index in [4.69, 9.17) is 4.74 Å². The predicted molar refractivity (Wildman–Crippen MR) is 76.8 cm³/mol. The lowest BCUT2D eigenvalue weighted by Crippen LogP contribution is -2.37. The topological polar surface area (TPSA) is 36.9 Å². The van der Waals surface area contributed by atoms with E-state index in [9.17, 15) is 0 Å². The van der Waals surface area contributed by atoms with Gasteiger partial charge in [0.2, 0.25) is 0 Å².